The largest absolute Gasteiger partial charge is 0.496 e. The van der Waals surface area contributed by atoms with E-state index in [0.29, 0.717) is 0 Å². The number of amides is 1. The molecule has 4 nitrogen and oxygen atoms in total. The molecule has 142 valence electrons. The van der Waals surface area contributed by atoms with E-state index in [9.17, 15) is 4.79 Å². The van der Waals surface area contributed by atoms with Gasteiger partial charge in [-0.3, -0.25) is 4.79 Å². The summed E-state index contributed by atoms with van der Waals surface area (Å²) in [5.74, 6) is 0.791. The number of hydrogen-bond acceptors (Lipinski definition) is 3. The zero-order valence-electron chi connectivity index (χ0n) is 16.0. The lowest BCUT2D eigenvalue weighted by atomic mass is 10.1. The lowest BCUT2D eigenvalue weighted by molar-refractivity contribution is -0.126. The van der Waals surface area contributed by atoms with Crippen LogP contribution in [0.1, 0.15) is 16.7 Å². The number of benzene rings is 2. The van der Waals surface area contributed by atoms with Crippen molar-refractivity contribution in [2.75, 3.05) is 38.2 Å². The molecule has 1 fully saturated rings. The zero-order valence-corrected chi connectivity index (χ0v) is 17.6. The van der Waals surface area contributed by atoms with Gasteiger partial charge in [0.1, 0.15) is 5.75 Å². The van der Waals surface area contributed by atoms with E-state index < -0.39 is 0 Å². The second-order valence-electron chi connectivity index (χ2n) is 6.75. The zero-order chi connectivity index (χ0) is 19.4. The third-order valence-electron chi connectivity index (χ3n) is 5.11. The summed E-state index contributed by atoms with van der Waals surface area (Å²) >= 11 is 3.46. The third-order valence-corrected chi connectivity index (χ3v) is 5.60. The smallest absolute Gasteiger partial charge is 0.246 e. The van der Waals surface area contributed by atoms with Gasteiger partial charge in [-0.1, -0.05) is 28.1 Å². The molecule has 27 heavy (non-hydrogen) atoms. The van der Waals surface area contributed by atoms with Crippen molar-refractivity contribution in [1.29, 1.82) is 0 Å². The Bertz CT molecular complexity index is 855. The molecule has 3 rings (SSSR count). The molecule has 0 aliphatic carbocycles. The number of nitrogens with zero attached hydrogens (tertiary/aromatic N) is 2. The molecule has 0 N–H and O–H groups in total. The van der Waals surface area contributed by atoms with Crippen molar-refractivity contribution in [3.8, 4) is 5.75 Å². The number of methoxy groups -OCH3 is 1. The Morgan fingerprint density at radius 1 is 1.11 bits per heavy atom. The van der Waals surface area contributed by atoms with Crippen LogP contribution in [0.3, 0.4) is 0 Å². The van der Waals surface area contributed by atoms with Gasteiger partial charge in [-0.25, -0.2) is 0 Å². The third kappa shape index (κ3) is 4.53. The highest BCUT2D eigenvalue weighted by Gasteiger charge is 2.21. The number of hydrogen-bond donors (Lipinski definition) is 0. The van der Waals surface area contributed by atoms with E-state index in [1.54, 1.807) is 13.2 Å². The van der Waals surface area contributed by atoms with Crippen molar-refractivity contribution < 1.29 is 9.53 Å². The number of halogens is 1. The maximum absolute atomic E-state index is 12.6. The molecule has 2 aromatic carbocycles. The Balaban J connectivity index is 1.63. The molecule has 0 aromatic heterocycles. The van der Waals surface area contributed by atoms with Gasteiger partial charge >= 0.3 is 0 Å². The first kappa shape index (κ1) is 19.5. The fraction of sp³-hybridized carbons (Fsp3) is 0.318. The van der Waals surface area contributed by atoms with Crippen molar-refractivity contribution in [1.82, 2.24) is 4.90 Å². The molecule has 0 bridgehead atoms. The summed E-state index contributed by atoms with van der Waals surface area (Å²) in [6.45, 7) is 7.46. The van der Waals surface area contributed by atoms with E-state index in [2.05, 4.69) is 52.9 Å². The summed E-state index contributed by atoms with van der Waals surface area (Å²) in [6.07, 6.45) is 3.46. The minimum Gasteiger partial charge on any atom is -0.496 e. The van der Waals surface area contributed by atoms with Gasteiger partial charge in [0, 0.05) is 48.0 Å². The molecule has 1 aliphatic rings. The van der Waals surface area contributed by atoms with Gasteiger partial charge in [-0.15, -0.1) is 0 Å². The molecule has 1 aliphatic heterocycles. The normalized spacial score (nSPS) is 14.7. The predicted octanol–water partition coefficient (Wildman–Crippen LogP) is 4.44. The number of ether oxygens (including phenoxy) is 1. The Hall–Kier alpha value is -2.27. The summed E-state index contributed by atoms with van der Waals surface area (Å²) in [7, 11) is 1.63. The average molecular weight is 429 g/mol. The van der Waals surface area contributed by atoms with Crippen molar-refractivity contribution in [3.63, 3.8) is 0 Å². The summed E-state index contributed by atoms with van der Waals surface area (Å²) in [5.41, 5.74) is 4.78. The molecule has 1 heterocycles. The molecule has 0 unspecified atom stereocenters. The van der Waals surface area contributed by atoms with Gasteiger partial charge in [0.15, 0.2) is 0 Å². The molecule has 1 amide bonds. The van der Waals surface area contributed by atoms with Crippen molar-refractivity contribution in [3.05, 3.63) is 63.6 Å². The standard InChI is InChI=1S/C22H25BrN2O2/c1-16-5-4-6-20(17(16)2)24-11-13-25(14-12-24)22(26)10-7-18-15-19(23)8-9-21(18)27-3/h4-10,15H,11-14H2,1-3H3. The Kier molecular flexibility index (Phi) is 6.22. The Morgan fingerprint density at radius 3 is 2.56 bits per heavy atom. The first-order chi connectivity index (χ1) is 13.0. The van der Waals surface area contributed by atoms with E-state index in [1.165, 1.54) is 16.8 Å². The first-order valence-corrected chi connectivity index (χ1v) is 9.90. The number of carbonyl (C=O) groups excluding carboxylic acids is 1. The highest BCUT2D eigenvalue weighted by Crippen LogP contribution is 2.25. The number of carbonyl (C=O) groups is 1. The molecule has 5 heteroatoms. The van der Waals surface area contributed by atoms with Gasteiger partial charge in [0.2, 0.25) is 5.91 Å². The molecule has 0 radical (unpaired) electrons. The van der Waals surface area contributed by atoms with Crippen LogP contribution in [0.5, 0.6) is 5.75 Å². The van der Waals surface area contributed by atoms with E-state index >= 15 is 0 Å². The van der Waals surface area contributed by atoms with E-state index in [1.807, 2.05) is 29.2 Å². The van der Waals surface area contributed by atoms with Gasteiger partial charge < -0.3 is 14.5 Å². The van der Waals surface area contributed by atoms with E-state index in [0.717, 1.165) is 42.0 Å². The van der Waals surface area contributed by atoms with Crippen molar-refractivity contribution in [2.45, 2.75) is 13.8 Å². The highest BCUT2D eigenvalue weighted by molar-refractivity contribution is 9.10. The van der Waals surface area contributed by atoms with Crippen LogP contribution in [0.2, 0.25) is 0 Å². The molecule has 0 saturated carbocycles. The molecule has 1 saturated heterocycles. The topological polar surface area (TPSA) is 32.8 Å². The van der Waals surface area contributed by atoms with Crippen LogP contribution in [-0.4, -0.2) is 44.1 Å². The van der Waals surface area contributed by atoms with Crippen LogP contribution in [0.4, 0.5) is 5.69 Å². The summed E-state index contributed by atoms with van der Waals surface area (Å²) < 4.78 is 6.31. The number of anilines is 1. The lowest BCUT2D eigenvalue weighted by Crippen LogP contribution is -2.48. The van der Waals surface area contributed by atoms with Crippen molar-refractivity contribution >= 4 is 33.6 Å². The quantitative estimate of drug-likeness (QED) is 0.674. The lowest BCUT2D eigenvalue weighted by Gasteiger charge is -2.36. The second kappa shape index (κ2) is 8.61. The monoisotopic (exact) mass is 428 g/mol. The minimum absolute atomic E-state index is 0.0395. The molecule has 2 aromatic rings. The fourth-order valence-electron chi connectivity index (χ4n) is 3.35. The molecular formula is C22H25BrN2O2. The van der Waals surface area contributed by atoms with Crippen LogP contribution in [0.25, 0.3) is 6.08 Å². The van der Waals surface area contributed by atoms with Crippen LogP contribution in [0.15, 0.2) is 46.9 Å². The average Bonchev–Trinajstić information content (AvgIpc) is 2.68. The van der Waals surface area contributed by atoms with Crippen LogP contribution < -0.4 is 9.64 Å². The summed E-state index contributed by atoms with van der Waals surface area (Å²) in [4.78, 5) is 16.9. The van der Waals surface area contributed by atoms with Crippen LogP contribution in [0, 0.1) is 13.8 Å². The first-order valence-electron chi connectivity index (χ1n) is 9.11. The SMILES string of the molecule is COc1ccc(Br)cc1C=CC(=O)N1CCN(c2cccc(C)c2C)CC1. The van der Waals surface area contributed by atoms with Gasteiger partial charge in [-0.05, 0) is 55.3 Å². The van der Waals surface area contributed by atoms with Gasteiger partial charge in [0.25, 0.3) is 0 Å². The summed E-state index contributed by atoms with van der Waals surface area (Å²) in [5, 5.41) is 0. The second-order valence-corrected chi connectivity index (χ2v) is 7.67. The summed E-state index contributed by atoms with van der Waals surface area (Å²) in [6, 6.07) is 12.2. The maximum atomic E-state index is 12.6. The number of rotatable bonds is 4. The van der Waals surface area contributed by atoms with Gasteiger partial charge in [0.05, 0.1) is 7.11 Å². The molecule has 0 atom stereocenters. The number of aryl methyl sites for hydroxylation is 1. The highest BCUT2D eigenvalue weighted by atomic mass is 79.9. The molecule has 0 spiro atoms. The van der Waals surface area contributed by atoms with Crippen molar-refractivity contribution in [2.24, 2.45) is 0 Å². The minimum atomic E-state index is 0.0395. The Labute approximate surface area is 169 Å². The molecular weight excluding hydrogens is 404 g/mol. The number of piperazine rings is 1. The van der Waals surface area contributed by atoms with Crippen LogP contribution in [-0.2, 0) is 4.79 Å². The van der Waals surface area contributed by atoms with E-state index in [4.69, 9.17) is 4.74 Å². The van der Waals surface area contributed by atoms with Gasteiger partial charge in [-0.2, -0.15) is 0 Å². The predicted molar refractivity (Wildman–Crippen MR) is 114 cm³/mol. The fourth-order valence-corrected chi connectivity index (χ4v) is 3.73. The van der Waals surface area contributed by atoms with Crippen LogP contribution >= 0.6 is 15.9 Å². The maximum Gasteiger partial charge on any atom is 0.246 e. The van der Waals surface area contributed by atoms with E-state index in [-0.39, 0.29) is 5.91 Å². The Morgan fingerprint density at radius 2 is 1.85 bits per heavy atom.